The zero-order valence-corrected chi connectivity index (χ0v) is 10.4. The Morgan fingerprint density at radius 2 is 2.25 bits per heavy atom. The molecule has 0 amide bonds. The van der Waals surface area contributed by atoms with Crippen molar-refractivity contribution in [1.82, 2.24) is 0 Å². The van der Waals surface area contributed by atoms with E-state index in [1.54, 1.807) is 31.2 Å². The zero-order valence-electron chi connectivity index (χ0n) is 8.85. The van der Waals surface area contributed by atoms with E-state index in [9.17, 15) is 8.42 Å². The molecular weight excluding hydrogens is 246 g/mol. The van der Waals surface area contributed by atoms with Crippen LogP contribution in [-0.4, -0.2) is 15.0 Å². The van der Waals surface area contributed by atoms with E-state index < -0.39 is 15.3 Å². The van der Waals surface area contributed by atoms with Crippen LogP contribution in [0.4, 0.5) is 5.69 Å². The molecule has 1 unspecified atom stereocenters. The first-order valence-electron chi connectivity index (χ1n) is 4.91. The van der Waals surface area contributed by atoms with Gasteiger partial charge in [0.1, 0.15) is 5.25 Å². The molecule has 1 atom stereocenters. The van der Waals surface area contributed by atoms with Crippen LogP contribution in [0.2, 0.25) is 5.02 Å². The van der Waals surface area contributed by atoms with Crippen LogP contribution in [0.5, 0.6) is 0 Å². The van der Waals surface area contributed by atoms with Gasteiger partial charge < -0.3 is 0 Å². The van der Waals surface area contributed by atoms with E-state index in [0.29, 0.717) is 16.3 Å². The molecule has 1 aliphatic rings. The van der Waals surface area contributed by atoms with Gasteiger partial charge in [-0.15, -0.1) is 6.58 Å². The smallest absolute Gasteiger partial charge is 0.242 e. The first-order valence-corrected chi connectivity index (χ1v) is 6.79. The molecule has 5 heteroatoms. The third-order valence-corrected chi connectivity index (χ3v) is 5.17. The number of hydrogen-bond acceptors (Lipinski definition) is 2. The summed E-state index contributed by atoms with van der Waals surface area (Å²) < 4.78 is 25.6. The summed E-state index contributed by atoms with van der Waals surface area (Å²) in [4.78, 5) is 0. The minimum Gasteiger partial charge on any atom is -0.266 e. The van der Waals surface area contributed by atoms with E-state index >= 15 is 0 Å². The summed E-state index contributed by atoms with van der Waals surface area (Å²) in [6.45, 7) is 5.50. The van der Waals surface area contributed by atoms with Crippen molar-refractivity contribution < 1.29 is 8.42 Å². The molecule has 86 valence electrons. The largest absolute Gasteiger partial charge is 0.266 e. The van der Waals surface area contributed by atoms with Crippen molar-refractivity contribution in [2.45, 2.75) is 12.2 Å². The Morgan fingerprint density at radius 1 is 1.56 bits per heavy atom. The summed E-state index contributed by atoms with van der Waals surface area (Å²) in [6, 6.07) is 5.24. The number of rotatable bonds is 2. The second-order valence-electron chi connectivity index (χ2n) is 3.68. The standard InChI is InChI=1S/C11H12ClNO2S/c1-3-7-13-10-6-4-5-9(12)11(10)8(2)16(13,14)15/h3-6,8H,1,7H2,2H3. The number of fused-ring (bicyclic) bond motifs is 1. The minimum absolute atomic E-state index is 0.278. The van der Waals surface area contributed by atoms with Crippen LogP contribution in [0, 0.1) is 0 Å². The molecule has 1 aromatic rings. The lowest BCUT2D eigenvalue weighted by atomic mass is 10.1. The molecule has 0 saturated heterocycles. The van der Waals surface area contributed by atoms with Gasteiger partial charge in [0.05, 0.1) is 12.2 Å². The average molecular weight is 258 g/mol. The maximum atomic E-state index is 12.1. The van der Waals surface area contributed by atoms with Gasteiger partial charge in [0, 0.05) is 10.6 Å². The molecule has 0 aliphatic carbocycles. The highest BCUT2D eigenvalue weighted by Gasteiger charge is 2.40. The molecular formula is C11H12ClNO2S. The fraction of sp³-hybridized carbons (Fsp3) is 0.273. The van der Waals surface area contributed by atoms with Crippen molar-refractivity contribution in [1.29, 1.82) is 0 Å². The Morgan fingerprint density at radius 3 is 2.88 bits per heavy atom. The summed E-state index contributed by atoms with van der Waals surface area (Å²) in [6.07, 6.45) is 1.57. The second kappa shape index (κ2) is 3.79. The van der Waals surface area contributed by atoms with Crippen LogP contribution < -0.4 is 4.31 Å². The molecule has 1 aromatic carbocycles. The number of halogens is 1. The lowest BCUT2D eigenvalue weighted by Gasteiger charge is -2.16. The SMILES string of the molecule is C=CCN1c2cccc(Cl)c2C(C)S1(=O)=O. The molecule has 0 fully saturated rings. The molecule has 1 heterocycles. The highest BCUT2D eigenvalue weighted by molar-refractivity contribution is 7.93. The fourth-order valence-electron chi connectivity index (χ4n) is 1.94. The van der Waals surface area contributed by atoms with Crippen molar-refractivity contribution in [3.05, 3.63) is 41.4 Å². The molecule has 0 aromatic heterocycles. The zero-order chi connectivity index (χ0) is 11.9. The predicted octanol–water partition coefficient (Wildman–Crippen LogP) is 2.74. The van der Waals surface area contributed by atoms with Crippen LogP contribution in [0.15, 0.2) is 30.9 Å². The van der Waals surface area contributed by atoms with E-state index in [4.69, 9.17) is 11.6 Å². The molecule has 1 aliphatic heterocycles. The van der Waals surface area contributed by atoms with Crippen molar-refractivity contribution in [2.75, 3.05) is 10.8 Å². The summed E-state index contributed by atoms with van der Waals surface area (Å²) in [5.41, 5.74) is 1.35. The molecule has 0 radical (unpaired) electrons. The lowest BCUT2D eigenvalue weighted by molar-refractivity contribution is 0.587. The van der Waals surface area contributed by atoms with E-state index in [1.165, 1.54) is 4.31 Å². The first kappa shape index (κ1) is 11.5. The molecule has 0 saturated carbocycles. The predicted molar refractivity (Wildman–Crippen MR) is 66.3 cm³/mol. The number of benzene rings is 1. The highest BCUT2D eigenvalue weighted by Crippen LogP contribution is 2.45. The van der Waals surface area contributed by atoms with Gasteiger partial charge in [-0.05, 0) is 19.1 Å². The molecule has 3 nitrogen and oxygen atoms in total. The summed E-state index contributed by atoms with van der Waals surface area (Å²) in [7, 11) is -3.33. The number of nitrogens with zero attached hydrogens (tertiary/aromatic N) is 1. The summed E-state index contributed by atoms with van der Waals surface area (Å²) >= 11 is 6.04. The topological polar surface area (TPSA) is 37.4 Å². The van der Waals surface area contributed by atoms with E-state index in [-0.39, 0.29) is 6.54 Å². The molecule has 0 bridgehead atoms. The quantitative estimate of drug-likeness (QED) is 0.764. The second-order valence-corrected chi connectivity index (χ2v) is 6.26. The van der Waals surface area contributed by atoms with Gasteiger partial charge in [-0.25, -0.2) is 8.42 Å². The van der Waals surface area contributed by atoms with Gasteiger partial charge in [-0.3, -0.25) is 4.31 Å². The van der Waals surface area contributed by atoms with Crippen molar-refractivity contribution in [3.8, 4) is 0 Å². The van der Waals surface area contributed by atoms with Gasteiger partial charge >= 0.3 is 0 Å². The van der Waals surface area contributed by atoms with Gasteiger partial charge in [0.2, 0.25) is 10.0 Å². The van der Waals surface area contributed by atoms with Gasteiger partial charge in [-0.1, -0.05) is 23.7 Å². The Kier molecular flexibility index (Phi) is 2.72. The van der Waals surface area contributed by atoms with Crippen LogP contribution in [0.25, 0.3) is 0 Å². The number of sulfonamides is 1. The fourth-order valence-corrected chi connectivity index (χ4v) is 4.01. The van der Waals surface area contributed by atoms with Crippen LogP contribution in [0.3, 0.4) is 0 Å². The van der Waals surface area contributed by atoms with Gasteiger partial charge in [-0.2, -0.15) is 0 Å². The van der Waals surface area contributed by atoms with Gasteiger partial charge in [0.15, 0.2) is 0 Å². The average Bonchev–Trinajstić information content (AvgIpc) is 2.41. The van der Waals surface area contributed by atoms with Crippen molar-refractivity contribution >= 4 is 27.3 Å². The van der Waals surface area contributed by atoms with E-state index in [1.807, 2.05) is 0 Å². The minimum atomic E-state index is -3.33. The Bertz CT molecular complexity index is 539. The summed E-state index contributed by atoms with van der Waals surface area (Å²) in [5, 5.41) is -0.0868. The number of hydrogen-bond donors (Lipinski definition) is 0. The van der Waals surface area contributed by atoms with Gasteiger partial charge in [0.25, 0.3) is 0 Å². The molecule has 0 spiro atoms. The van der Waals surface area contributed by atoms with Crippen LogP contribution >= 0.6 is 11.6 Å². The lowest BCUT2D eigenvalue weighted by Crippen LogP contribution is -2.27. The maximum absolute atomic E-state index is 12.1. The first-order chi connectivity index (χ1) is 7.50. The monoisotopic (exact) mass is 257 g/mol. The third-order valence-electron chi connectivity index (χ3n) is 2.75. The highest BCUT2D eigenvalue weighted by atomic mass is 35.5. The van der Waals surface area contributed by atoms with Crippen LogP contribution in [0.1, 0.15) is 17.7 Å². The van der Waals surface area contributed by atoms with Crippen LogP contribution in [-0.2, 0) is 10.0 Å². The normalized spacial score (nSPS) is 21.9. The Labute approximate surface area is 100 Å². The maximum Gasteiger partial charge on any atom is 0.242 e. The third kappa shape index (κ3) is 1.44. The Balaban J connectivity index is 2.68. The number of anilines is 1. The molecule has 16 heavy (non-hydrogen) atoms. The van der Waals surface area contributed by atoms with Crippen molar-refractivity contribution in [3.63, 3.8) is 0 Å². The van der Waals surface area contributed by atoms with E-state index in [0.717, 1.165) is 0 Å². The molecule has 0 N–H and O–H groups in total. The molecule has 2 rings (SSSR count). The Hall–Kier alpha value is -1.00. The van der Waals surface area contributed by atoms with Crippen molar-refractivity contribution in [2.24, 2.45) is 0 Å². The van der Waals surface area contributed by atoms with E-state index in [2.05, 4.69) is 6.58 Å². The summed E-state index contributed by atoms with van der Waals surface area (Å²) in [5.74, 6) is 0.